The number of halogens is 5. The molecule has 5 nitrogen and oxygen atoms in total. The van der Waals surface area contributed by atoms with Gasteiger partial charge in [-0.05, 0) is 44.3 Å². The van der Waals surface area contributed by atoms with Gasteiger partial charge in [0, 0.05) is 12.5 Å². The Morgan fingerprint density at radius 2 is 1.96 bits per heavy atom. The lowest BCUT2D eigenvalue weighted by Crippen LogP contribution is -2.28. The Kier molecular flexibility index (Phi) is 10.8. The Morgan fingerprint density at radius 3 is 2.52 bits per heavy atom. The highest BCUT2D eigenvalue weighted by molar-refractivity contribution is 5.90. The highest BCUT2D eigenvalue weighted by atomic mass is 35.5. The summed E-state index contributed by atoms with van der Waals surface area (Å²) in [7, 11) is 0. The fraction of sp³-hybridized carbons (Fsp3) is 0.600. The Hall–Kier alpha value is -1.25. The summed E-state index contributed by atoms with van der Waals surface area (Å²) < 4.78 is 40.6. The van der Waals surface area contributed by atoms with E-state index in [0.29, 0.717) is 18.0 Å². The molecule has 0 bridgehead atoms. The molecule has 2 heterocycles. The lowest BCUT2D eigenvalue weighted by atomic mass is 9.93. The third kappa shape index (κ3) is 9.72. The fourth-order valence-corrected chi connectivity index (χ4v) is 2.42. The molecular weight excluding hydrogens is 382 g/mol. The Balaban J connectivity index is 0.00000288. The van der Waals surface area contributed by atoms with E-state index in [0.717, 1.165) is 32.4 Å². The van der Waals surface area contributed by atoms with Gasteiger partial charge in [0.1, 0.15) is 0 Å². The molecule has 0 spiro atoms. The van der Waals surface area contributed by atoms with Gasteiger partial charge in [-0.3, -0.25) is 4.79 Å². The number of alkyl halides is 3. The number of carbonyl (C=O) groups is 1. The summed E-state index contributed by atoms with van der Waals surface area (Å²) in [4.78, 5) is 15.6. The third-order valence-electron chi connectivity index (χ3n) is 3.64. The molecule has 1 aliphatic heterocycles. The third-order valence-corrected chi connectivity index (χ3v) is 3.64. The van der Waals surface area contributed by atoms with E-state index in [2.05, 4.69) is 20.4 Å². The summed E-state index contributed by atoms with van der Waals surface area (Å²) in [5.41, 5.74) is 0.444. The van der Waals surface area contributed by atoms with Crippen LogP contribution in [0.1, 0.15) is 25.7 Å². The molecule has 0 radical (unpaired) electrons. The quantitative estimate of drug-likeness (QED) is 0.761. The largest absolute Gasteiger partial charge is 0.468 e. The van der Waals surface area contributed by atoms with Crippen LogP contribution in [0.4, 0.5) is 18.9 Å². The first-order chi connectivity index (χ1) is 10.9. The van der Waals surface area contributed by atoms with Crippen molar-refractivity contribution >= 4 is 36.4 Å². The summed E-state index contributed by atoms with van der Waals surface area (Å²) >= 11 is 0. The van der Waals surface area contributed by atoms with E-state index < -0.39 is 12.8 Å². The molecule has 1 fully saturated rings. The normalized spacial score (nSPS) is 14.8. The van der Waals surface area contributed by atoms with Gasteiger partial charge in [0.15, 0.2) is 6.61 Å². The summed E-state index contributed by atoms with van der Waals surface area (Å²) in [5, 5.41) is 5.96. The minimum atomic E-state index is -4.40. The van der Waals surface area contributed by atoms with Crippen molar-refractivity contribution in [3.8, 4) is 5.88 Å². The van der Waals surface area contributed by atoms with Crippen molar-refractivity contribution in [3.05, 3.63) is 18.3 Å². The van der Waals surface area contributed by atoms with Gasteiger partial charge in [-0.15, -0.1) is 24.8 Å². The van der Waals surface area contributed by atoms with Crippen molar-refractivity contribution in [2.24, 2.45) is 5.92 Å². The number of nitrogens with zero attached hydrogens (tertiary/aromatic N) is 1. The van der Waals surface area contributed by atoms with Crippen LogP contribution in [0.25, 0.3) is 0 Å². The van der Waals surface area contributed by atoms with Crippen LogP contribution in [0.3, 0.4) is 0 Å². The maximum atomic E-state index is 12.0. The zero-order valence-electron chi connectivity index (χ0n) is 13.5. The van der Waals surface area contributed by atoms with E-state index in [1.807, 2.05) is 0 Å². The van der Waals surface area contributed by atoms with E-state index in [1.165, 1.54) is 18.3 Å². The van der Waals surface area contributed by atoms with Crippen LogP contribution in [-0.4, -0.2) is 36.8 Å². The molecular formula is C15H22Cl2F3N3O2. The number of amides is 1. The van der Waals surface area contributed by atoms with Crippen molar-refractivity contribution in [1.29, 1.82) is 0 Å². The highest BCUT2D eigenvalue weighted by Gasteiger charge is 2.28. The van der Waals surface area contributed by atoms with Crippen molar-refractivity contribution in [3.63, 3.8) is 0 Å². The van der Waals surface area contributed by atoms with E-state index in [1.54, 1.807) is 0 Å². The van der Waals surface area contributed by atoms with E-state index in [9.17, 15) is 18.0 Å². The highest BCUT2D eigenvalue weighted by Crippen LogP contribution is 2.20. The van der Waals surface area contributed by atoms with Crippen LogP contribution < -0.4 is 15.4 Å². The lowest BCUT2D eigenvalue weighted by Gasteiger charge is -2.22. The van der Waals surface area contributed by atoms with E-state index in [4.69, 9.17) is 0 Å². The molecule has 1 aliphatic rings. The number of nitrogens with one attached hydrogen (secondary N) is 2. The van der Waals surface area contributed by atoms with Gasteiger partial charge in [-0.25, -0.2) is 4.98 Å². The Bertz CT molecular complexity index is 510. The Labute approximate surface area is 156 Å². The van der Waals surface area contributed by atoms with Crippen LogP contribution in [0, 0.1) is 5.92 Å². The molecule has 1 amide bonds. The second-order valence-electron chi connectivity index (χ2n) is 5.57. The van der Waals surface area contributed by atoms with Gasteiger partial charge < -0.3 is 15.4 Å². The summed E-state index contributed by atoms with van der Waals surface area (Å²) in [5.74, 6) is 0.322. The molecule has 0 saturated carbocycles. The van der Waals surface area contributed by atoms with Crippen LogP contribution in [-0.2, 0) is 4.79 Å². The second kappa shape index (κ2) is 11.4. The smallest absolute Gasteiger partial charge is 0.422 e. The van der Waals surface area contributed by atoms with Crippen molar-refractivity contribution in [1.82, 2.24) is 10.3 Å². The van der Waals surface area contributed by atoms with Gasteiger partial charge in [0.05, 0.1) is 11.9 Å². The minimum absolute atomic E-state index is 0. The molecule has 0 aromatic carbocycles. The zero-order valence-corrected chi connectivity index (χ0v) is 15.1. The second-order valence-corrected chi connectivity index (χ2v) is 5.57. The SMILES string of the molecule is Cl.Cl.O=C(CCC1CCNCC1)Nc1ccc(OCC(F)(F)F)nc1. The summed E-state index contributed by atoms with van der Waals surface area (Å²) in [6.45, 7) is 0.604. The standard InChI is InChI=1S/C15H20F3N3O2.2ClH/c16-15(17,18)10-23-14-4-2-12(9-20-14)21-13(22)3-1-11-5-7-19-8-6-11;;/h2,4,9,11,19H,1,3,5-8,10H2,(H,21,22);2*1H. The number of piperidine rings is 1. The maximum Gasteiger partial charge on any atom is 0.422 e. The number of pyridine rings is 1. The van der Waals surface area contributed by atoms with Crippen molar-refractivity contribution in [2.45, 2.75) is 31.9 Å². The molecule has 1 saturated heterocycles. The molecule has 25 heavy (non-hydrogen) atoms. The fourth-order valence-electron chi connectivity index (χ4n) is 2.42. The first kappa shape index (κ1) is 23.8. The Morgan fingerprint density at radius 1 is 1.28 bits per heavy atom. The molecule has 144 valence electrons. The van der Waals surface area contributed by atoms with Gasteiger partial charge in [0.25, 0.3) is 0 Å². The van der Waals surface area contributed by atoms with Gasteiger partial charge in [-0.1, -0.05) is 0 Å². The van der Waals surface area contributed by atoms with Crippen LogP contribution in [0.5, 0.6) is 5.88 Å². The predicted octanol–water partition coefficient (Wildman–Crippen LogP) is 3.58. The molecule has 2 N–H and O–H groups in total. The number of anilines is 1. The van der Waals surface area contributed by atoms with E-state index in [-0.39, 0.29) is 36.6 Å². The first-order valence-corrected chi connectivity index (χ1v) is 7.58. The number of rotatable bonds is 6. The summed E-state index contributed by atoms with van der Waals surface area (Å²) in [6.07, 6.45) is 0.322. The van der Waals surface area contributed by atoms with Crippen LogP contribution >= 0.6 is 24.8 Å². The number of hydrogen-bond acceptors (Lipinski definition) is 4. The topological polar surface area (TPSA) is 63.2 Å². The number of carbonyl (C=O) groups excluding carboxylic acids is 1. The molecule has 10 heteroatoms. The number of ether oxygens (including phenoxy) is 1. The average Bonchev–Trinajstić information content (AvgIpc) is 2.53. The monoisotopic (exact) mass is 403 g/mol. The minimum Gasteiger partial charge on any atom is -0.468 e. The maximum absolute atomic E-state index is 12.0. The van der Waals surface area contributed by atoms with Gasteiger partial charge in [-0.2, -0.15) is 13.2 Å². The summed E-state index contributed by atoms with van der Waals surface area (Å²) in [6, 6.07) is 2.77. The van der Waals surface area contributed by atoms with Gasteiger partial charge in [0.2, 0.25) is 11.8 Å². The molecule has 1 aromatic rings. The van der Waals surface area contributed by atoms with Crippen LogP contribution in [0.2, 0.25) is 0 Å². The first-order valence-electron chi connectivity index (χ1n) is 7.58. The number of aromatic nitrogens is 1. The van der Waals surface area contributed by atoms with Crippen molar-refractivity contribution in [2.75, 3.05) is 25.0 Å². The van der Waals surface area contributed by atoms with E-state index >= 15 is 0 Å². The zero-order chi connectivity index (χ0) is 16.7. The van der Waals surface area contributed by atoms with Crippen molar-refractivity contribution < 1.29 is 22.7 Å². The number of hydrogen-bond donors (Lipinski definition) is 2. The predicted molar refractivity (Wildman–Crippen MR) is 93.7 cm³/mol. The molecule has 2 rings (SSSR count). The molecule has 0 atom stereocenters. The van der Waals surface area contributed by atoms with Gasteiger partial charge >= 0.3 is 6.18 Å². The molecule has 1 aromatic heterocycles. The molecule has 0 unspecified atom stereocenters. The molecule has 0 aliphatic carbocycles. The lowest BCUT2D eigenvalue weighted by molar-refractivity contribution is -0.154. The average molecular weight is 404 g/mol. The van der Waals surface area contributed by atoms with Crippen LogP contribution in [0.15, 0.2) is 18.3 Å².